The van der Waals surface area contributed by atoms with E-state index in [0.29, 0.717) is 44.6 Å². The average Bonchev–Trinajstić information content (AvgIpc) is 2.93. The molecule has 0 aliphatic heterocycles. The maximum Gasteiger partial charge on any atom is 0.328 e. The van der Waals surface area contributed by atoms with Crippen LogP contribution >= 0.6 is 7.60 Å². The van der Waals surface area contributed by atoms with Crippen LogP contribution in [0.1, 0.15) is 103 Å². The topological polar surface area (TPSA) is 125 Å². The van der Waals surface area contributed by atoms with Crippen LogP contribution in [0, 0.1) is 11.8 Å². The third-order valence-corrected chi connectivity index (χ3v) is 9.33. The third kappa shape index (κ3) is 13.3. The SMILES string of the molecule is CCCCNC(=O)[C@H](C)C[C@H](O)[C@H](CC1CCCCC1)NC(=O)[C@@H](CCC)OP(=O)(O)CCCc1ccccc1. The van der Waals surface area contributed by atoms with Crippen molar-refractivity contribution in [2.75, 3.05) is 12.7 Å². The zero-order valence-corrected chi connectivity index (χ0v) is 25.7. The summed E-state index contributed by atoms with van der Waals surface area (Å²) in [6.07, 6.45) is 8.32. The molecule has 2 rings (SSSR count). The van der Waals surface area contributed by atoms with Crippen molar-refractivity contribution in [3.63, 3.8) is 0 Å². The third-order valence-electron chi connectivity index (χ3n) is 7.86. The van der Waals surface area contributed by atoms with E-state index in [4.69, 9.17) is 4.52 Å². The number of amides is 2. The van der Waals surface area contributed by atoms with E-state index in [1.54, 1.807) is 6.92 Å². The molecule has 1 fully saturated rings. The van der Waals surface area contributed by atoms with Crippen LogP contribution < -0.4 is 10.6 Å². The van der Waals surface area contributed by atoms with Crippen LogP contribution in [0.15, 0.2) is 30.3 Å². The molecule has 228 valence electrons. The lowest BCUT2D eigenvalue weighted by Crippen LogP contribution is -2.49. The summed E-state index contributed by atoms with van der Waals surface area (Å²) >= 11 is 0. The summed E-state index contributed by atoms with van der Waals surface area (Å²) in [5.41, 5.74) is 1.08. The van der Waals surface area contributed by atoms with Gasteiger partial charge in [-0.25, -0.2) is 0 Å². The smallest absolute Gasteiger partial charge is 0.328 e. The first kappa shape index (κ1) is 34.5. The Labute approximate surface area is 241 Å². The van der Waals surface area contributed by atoms with Crippen molar-refractivity contribution in [3.05, 3.63) is 35.9 Å². The van der Waals surface area contributed by atoms with Crippen molar-refractivity contribution in [3.8, 4) is 0 Å². The first-order valence-corrected chi connectivity index (χ1v) is 17.2. The van der Waals surface area contributed by atoms with Crippen LogP contribution in [0.5, 0.6) is 0 Å². The lowest BCUT2D eigenvalue weighted by atomic mass is 9.82. The second-order valence-corrected chi connectivity index (χ2v) is 13.5. The number of nitrogens with one attached hydrogen (secondary N) is 2. The fourth-order valence-corrected chi connectivity index (χ4v) is 6.70. The Kier molecular flexibility index (Phi) is 16.1. The number of aryl methyl sites for hydroxylation is 1. The molecule has 0 bridgehead atoms. The van der Waals surface area contributed by atoms with Crippen molar-refractivity contribution in [2.45, 2.75) is 122 Å². The van der Waals surface area contributed by atoms with Gasteiger partial charge in [0, 0.05) is 12.5 Å². The molecule has 1 saturated carbocycles. The molecule has 1 aromatic carbocycles. The Bertz CT molecular complexity index is 908. The van der Waals surface area contributed by atoms with Gasteiger partial charge in [-0.2, -0.15) is 0 Å². The van der Waals surface area contributed by atoms with Crippen molar-refractivity contribution in [1.82, 2.24) is 10.6 Å². The summed E-state index contributed by atoms with van der Waals surface area (Å²) in [5, 5.41) is 17.1. The number of carbonyl (C=O) groups is 2. The van der Waals surface area contributed by atoms with Crippen molar-refractivity contribution in [1.29, 1.82) is 0 Å². The number of aliphatic hydroxyl groups excluding tert-OH is 1. The highest BCUT2D eigenvalue weighted by atomic mass is 31.2. The zero-order chi connectivity index (χ0) is 29.4. The highest BCUT2D eigenvalue weighted by Crippen LogP contribution is 2.45. The van der Waals surface area contributed by atoms with Gasteiger partial charge >= 0.3 is 7.60 Å². The van der Waals surface area contributed by atoms with Crippen LogP contribution in [-0.2, 0) is 25.1 Å². The minimum absolute atomic E-state index is 0.0336. The second-order valence-electron chi connectivity index (χ2n) is 11.5. The van der Waals surface area contributed by atoms with Crippen molar-refractivity contribution in [2.24, 2.45) is 11.8 Å². The standard InChI is InChI=1S/C31H53N2O6P/c1-4-6-20-32-30(35)24(3)22-28(34)27(23-26-17-11-8-12-18-26)33-31(36)29(14-5-2)39-40(37,38)21-13-19-25-15-9-7-10-16-25/h7,9-10,15-16,24,26-29,34H,4-6,8,11-14,17-23H2,1-3H3,(H,32,35)(H,33,36)(H,37,38)/t24-,27+,28+,29-/m1/s1. The Morgan fingerprint density at radius 2 is 1.75 bits per heavy atom. The van der Waals surface area contributed by atoms with Gasteiger partial charge in [0.15, 0.2) is 0 Å². The normalized spacial score (nSPS) is 18.7. The minimum atomic E-state index is -4.00. The minimum Gasteiger partial charge on any atom is -0.391 e. The molecule has 2 amide bonds. The lowest BCUT2D eigenvalue weighted by Gasteiger charge is -2.32. The first-order chi connectivity index (χ1) is 19.1. The van der Waals surface area contributed by atoms with E-state index in [2.05, 4.69) is 17.6 Å². The highest BCUT2D eigenvalue weighted by Gasteiger charge is 2.33. The van der Waals surface area contributed by atoms with E-state index in [-0.39, 0.29) is 18.5 Å². The molecule has 4 N–H and O–H groups in total. The van der Waals surface area contributed by atoms with E-state index < -0.39 is 37.7 Å². The number of hydrogen-bond acceptors (Lipinski definition) is 5. The molecule has 9 heteroatoms. The van der Waals surface area contributed by atoms with Crippen LogP contribution in [-0.4, -0.2) is 52.8 Å². The van der Waals surface area contributed by atoms with Crippen LogP contribution in [0.4, 0.5) is 0 Å². The number of rotatable bonds is 19. The van der Waals surface area contributed by atoms with Crippen LogP contribution in [0.2, 0.25) is 0 Å². The number of unbranched alkanes of at least 4 members (excludes halogenated alkanes) is 1. The highest BCUT2D eigenvalue weighted by molar-refractivity contribution is 7.52. The molecule has 1 unspecified atom stereocenters. The van der Waals surface area contributed by atoms with Gasteiger partial charge in [-0.15, -0.1) is 0 Å². The summed E-state index contributed by atoms with van der Waals surface area (Å²) in [5.74, 6) is -0.587. The predicted octanol–water partition coefficient (Wildman–Crippen LogP) is 5.75. The van der Waals surface area contributed by atoms with Gasteiger partial charge < -0.3 is 20.6 Å². The number of carbonyl (C=O) groups excluding carboxylic acids is 2. The molecule has 1 aliphatic rings. The van der Waals surface area contributed by atoms with Crippen molar-refractivity contribution < 1.29 is 28.7 Å². The number of hydrogen-bond donors (Lipinski definition) is 4. The van der Waals surface area contributed by atoms with Gasteiger partial charge in [0.25, 0.3) is 0 Å². The number of benzene rings is 1. The fourth-order valence-electron chi connectivity index (χ4n) is 5.44. The molecular formula is C31H53N2O6P. The van der Waals surface area contributed by atoms with Gasteiger partial charge in [-0.05, 0) is 50.0 Å². The Morgan fingerprint density at radius 1 is 1.05 bits per heavy atom. The Balaban J connectivity index is 2.02. The van der Waals surface area contributed by atoms with E-state index >= 15 is 0 Å². The van der Waals surface area contributed by atoms with Crippen LogP contribution in [0.3, 0.4) is 0 Å². The lowest BCUT2D eigenvalue weighted by molar-refractivity contribution is -0.130. The number of aliphatic hydroxyl groups is 1. The van der Waals surface area contributed by atoms with Gasteiger partial charge in [-0.3, -0.25) is 18.7 Å². The first-order valence-electron chi connectivity index (χ1n) is 15.4. The molecule has 0 aromatic heterocycles. The zero-order valence-electron chi connectivity index (χ0n) is 24.9. The molecule has 1 aliphatic carbocycles. The largest absolute Gasteiger partial charge is 0.391 e. The Morgan fingerprint density at radius 3 is 2.40 bits per heavy atom. The molecule has 5 atom stereocenters. The van der Waals surface area contributed by atoms with E-state index in [1.807, 2.05) is 37.3 Å². The second kappa shape index (κ2) is 18.7. The van der Waals surface area contributed by atoms with Gasteiger partial charge in [0.2, 0.25) is 11.8 Å². The van der Waals surface area contributed by atoms with E-state index in [1.165, 1.54) is 6.42 Å². The maximum absolute atomic E-state index is 13.4. The van der Waals surface area contributed by atoms with Crippen molar-refractivity contribution >= 4 is 19.4 Å². The molecular weight excluding hydrogens is 527 g/mol. The van der Waals surface area contributed by atoms with Gasteiger partial charge in [-0.1, -0.05) is 96.0 Å². The van der Waals surface area contributed by atoms with E-state index in [9.17, 15) is 24.2 Å². The van der Waals surface area contributed by atoms with Gasteiger partial charge in [0.1, 0.15) is 6.10 Å². The molecule has 0 heterocycles. The predicted molar refractivity (Wildman–Crippen MR) is 160 cm³/mol. The summed E-state index contributed by atoms with van der Waals surface area (Å²) in [4.78, 5) is 36.5. The monoisotopic (exact) mass is 580 g/mol. The summed E-state index contributed by atoms with van der Waals surface area (Å²) in [7, 11) is -4.00. The quantitative estimate of drug-likeness (QED) is 0.122. The molecule has 0 saturated heterocycles. The summed E-state index contributed by atoms with van der Waals surface area (Å²) in [6, 6.07) is 9.20. The Hall–Kier alpha value is -1.73. The maximum atomic E-state index is 13.4. The summed E-state index contributed by atoms with van der Waals surface area (Å²) in [6.45, 7) is 6.37. The molecule has 8 nitrogen and oxygen atoms in total. The molecule has 40 heavy (non-hydrogen) atoms. The summed E-state index contributed by atoms with van der Waals surface area (Å²) < 4.78 is 18.5. The molecule has 1 aromatic rings. The van der Waals surface area contributed by atoms with Gasteiger partial charge in [0.05, 0.1) is 18.3 Å². The van der Waals surface area contributed by atoms with E-state index in [0.717, 1.165) is 44.1 Å². The molecule has 0 radical (unpaired) electrons. The average molecular weight is 581 g/mol. The van der Waals surface area contributed by atoms with Crippen LogP contribution in [0.25, 0.3) is 0 Å². The molecule has 0 spiro atoms. The fraction of sp³-hybridized carbons (Fsp3) is 0.742.